The summed E-state index contributed by atoms with van der Waals surface area (Å²) in [6, 6.07) is 6.05. The van der Waals surface area contributed by atoms with E-state index in [1.165, 1.54) is 5.56 Å². The van der Waals surface area contributed by atoms with Gasteiger partial charge in [0.15, 0.2) is 0 Å². The zero-order valence-corrected chi connectivity index (χ0v) is 8.54. The SMILES string of the molecule is COc1cc(OC)cc(C2CNC2)c1. The third kappa shape index (κ3) is 1.68. The second kappa shape index (κ2) is 3.88. The molecular formula is C11H15NO2. The number of hydrogen-bond acceptors (Lipinski definition) is 3. The fourth-order valence-corrected chi connectivity index (χ4v) is 1.59. The van der Waals surface area contributed by atoms with Gasteiger partial charge in [-0.25, -0.2) is 0 Å². The van der Waals surface area contributed by atoms with Crippen LogP contribution >= 0.6 is 0 Å². The first-order valence-electron chi connectivity index (χ1n) is 4.77. The monoisotopic (exact) mass is 193 g/mol. The van der Waals surface area contributed by atoms with Crippen LogP contribution in [0.5, 0.6) is 11.5 Å². The van der Waals surface area contributed by atoms with Crippen LogP contribution in [0.15, 0.2) is 18.2 Å². The number of ether oxygens (including phenoxy) is 2. The minimum Gasteiger partial charge on any atom is -0.497 e. The molecule has 1 fully saturated rings. The molecule has 0 saturated carbocycles. The standard InChI is InChI=1S/C11H15NO2/c1-13-10-3-8(9-6-12-7-9)4-11(5-10)14-2/h3-5,9,12H,6-7H2,1-2H3. The van der Waals surface area contributed by atoms with Gasteiger partial charge in [-0.1, -0.05) is 0 Å². The van der Waals surface area contributed by atoms with Crippen LogP contribution in [-0.2, 0) is 0 Å². The molecule has 2 rings (SSSR count). The van der Waals surface area contributed by atoms with Crippen molar-refractivity contribution in [3.8, 4) is 11.5 Å². The predicted octanol–water partition coefficient (Wildman–Crippen LogP) is 1.39. The van der Waals surface area contributed by atoms with E-state index in [1.54, 1.807) is 14.2 Å². The van der Waals surface area contributed by atoms with Gasteiger partial charge in [0.2, 0.25) is 0 Å². The molecule has 0 amide bonds. The molecule has 0 aliphatic carbocycles. The van der Waals surface area contributed by atoms with Gasteiger partial charge in [-0.05, 0) is 17.7 Å². The fraction of sp³-hybridized carbons (Fsp3) is 0.455. The largest absolute Gasteiger partial charge is 0.497 e. The van der Waals surface area contributed by atoms with Crippen LogP contribution in [0, 0.1) is 0 Å². The van der Waals surface area contributed by atoms with Gasteiger partial charge in [-0.3, -0.25) is 0 Å². The highest BCUT2D eigenvalue weighted by atomic mass is 16.5. The number of hydrogen-bond donors (Lipinski definition) is 1. The van der Waals surface area contributed by atoms with Crippen molar-refractivity contribution in [2.45, 2.75) is 5.92 Å². The molecule has 1 aliphatic heterocycles. The van der Waals surface area contributed by atoms with E-state index in [1.807, 2.05) is 6.07 Å². The van der Waals surface area contributed by atoms with Crippen LogP contribution in [0.3, 0.4) is 0 Å². The molecule has 0 atom stereocenters. The maximum atomic E-state index is 5.22. The number of benzene rings is 1. The molecular weight excluding hydrogens is 178 g/mol. The smallest absolute Gasteiger partial charge is 0.122 e. The topological polar surface area (TPSA) is 30.5 Å². The third-order valence-electron chi connectivity index (χ3n) is 2.63. The van der Waals surface area contributed by atoms with Crippen LogP contribution in [0.1, 0.15) is 11.5 Å². The Kier molecular flexibility index (Phi) is 2.59. The summed E-state index contributed by atoms with van der Waals surface area (Å²) in [6.45, 7) is 2.10. The maximum absolute atomic E-state index is 5.22. The highest BCUT2D eigenvalue weighted by Crippen LogP contribution is 2.28. The molecule has 1 aromatic rings. The van der Waals surface area contributed by atoms with Crippen LogP contribution in [-0.4, -0.2) is 27.3 Å². The van der Waals surface area contributed by atoms with E-state index >= 15 is 0 Å². The highest BCUT2D eigenvalue weighted by Gasteiger charge is 2.20. The molecule has 0 radical (unpaired) electrons. The summed E-state index contributed by atoms with van der Waals surface area (Å²) in [4.78, 5) is 0. The van der Waals surface area contributed by atoms with Gasteiger partial charge in [0.05, 0.1) is 14.2 Å². The first-order chi connectivity index (χ1) is 6.83. The molecule has 1 saturated heterocycles. The van der Waals surface area contributed by atoms with E-state index in [0.29, 0.717) is 5.92 Å². The van der Waals surface area contributed by atoms with Gasteiger partial charge in [-0.2, -0.15) is 0 Å². The minimum absolute atomic E-state index is 0.610. The average Bonchev–Trinajstić information content (AvgIpc) is 2.14. The Morgan fingerprint density at radius 2 is 1.64 bits per heavy atom. The molecule has 0 spiro atoms. The molecule has 1 aliphatic rings. The fourth-order valence-electron chi connectivity index (χ4n) is 1.59. The third-order valence-corrected chi connectivity index (χ3v) is 2.63. The van der Waals surface area contributed by atoms with E-state index in [-0.39, 0.29) is 0 Å². The molecule has 3 nitrogen and oxygen atoms in total. The van der Waals surface area contributed by atoms with Crippen molar-refractivity contribution < 1.29 is 9.47 Å². The Balaban J connectivity index is 2.28. The summed E-state index contributed by atoms with van der Waals surface area (Å²) in [6.07, 6.45) is 0. The lowest BCUT2D eigenvalue weighted by atomic mass is 9.93. The average molecular weight is 193 g/mol. The zero-order chi connectivity index (χ0) is 9.97. The first kappa shape index (κ1) is 9.34. The summed E-state index contributed by atoms with van der Waals surface area (Å²) in [5, 5.41) is 3.25. The van der Waals surface area contributed by atoms with Gasteiger partial charge < -0.3 is 14.8 Å². The van der Waals surface area contributed by atoms with Crippen LogP contribution in [0.4, 0.5) is 0 Å². The van der Waals surface area contributed by atoms with Crippen molar-refractivity contribution in [3.05, 3.63) is 23.8 Å². The highest BCUT2D eigenvalue weighted by molar-refractivity contribution is 5.40. The van der Waals surface area contributed by atoms with E-state index in [2.05, 4.69) is 17.4 Å². The molecule has 3 heteroatoms. The Morgan fingerprint density at radius 3 is 2.00 bits per heavy atom. The maximum Gasteiger partial charge on any atom is 0.122 e. The molecule has 76 valence electrons. The Hall–Kier alpha value is -1.22. The summed E-state index contributed by atoms with van der Waals surface area (Å²) >= 11 is 0. The lowest BCUT2D eigenvalue weighted by Crippen LogP contribution is -2.39. The van der Waals surface area contributed by atoms with Crippen molar-refractivity contribution in [1.29, 1.82) is 0 Å². The van der Waals surface area contributed by atoms with Gasteiger partial charge >= 0.3 is 0 Å². The second-order valence-electron chi connectivity index (χ2n) is 3.50. The van der Waals surface area contributed by atoms with Crippen molar-refractivity contribution in [2.24, 2.45) is 0 Å². The van der Waals surface area contributed by atoms with Crippen molar-refractivity contribution >= 4 is 0 Å². The molecule has 0 bridgehead atoms. The van der Waals surface area contributed by atoms with Crippen molar-refractivity contribution in [3.63, 3.8) is 0 Å². The summed E-state index contributed by atoms with van der Waals surface area (Å²) in [5.41, 5.74) is 1.29. The predicted molar refractivity (Wildman–Crippen MR) is 55.2 cm³/mol. The van der Waals surface area contributed by atoms with Crippen molar-refractivity contribution in [2.75, 3.05) is 27.3 Å². The van der Waals surface area contributed by atoms with Gasteiger partial charge in [0.25, 0.3) is 0 Å². The molecule has 0 aromatic heterocycles. The van der Waals surface area contributed by atoms with Gasteiger partial charge in [-0.15, -0.1) is 0 Å². The number of nitrogens with one attached hydrogen (secondary N) is 1. The Labute approximate surface area is 84.0 Å². The molecule has 1 heterocycles. The van der Waals surface area contributed by atoms with Gasteiger partial charge in [0, 0.05) is 25.1 Å². The molecule has 1 aromatic carbocycles. The van der Waals surface area contributed by atoms with Crippen LogP contribution in [0.2, 0.25) is 0 Å². The number of methoxy groups -OCH3 is 2. The summed E-state index contributed by atoms with van der Waals surface area (Å²) in [7, 11) is 3.36. The molecule has 1 N–H and O–H groups in total. The molecule has 0 unspecified atom stereocenters. The quantitative estimate of drug-likeness (QED) is 0.787. The summed E-state index contributed by atoms with van der Waals surface area (Å²) < 4.78 is 10.4. The normalized spacial score (nSPS) is 16.1. The van der Waals surface area contributed by atoms with E-state index in [9.17, 15) is 0 Å². The van der Waals surface area contributed by atoms with Crippen LogP contribution in [0.25, 0.3) is 0 Å². The van der Waals surface area contributed by atoms with E-state index < -0.39 is 0 Å². The zero-order valence-electron chi connectivity index (χ0n) is 8.54. The number of rotatable bonds is 3. The van der Waals surface area contributed by atoms with Crippen LogP contribution < -0.4 is 14.8 Å². The second-order valence-corrected chi connectivity index (χ2v) is 3.50. The molecule has 14 heavy (non-hydrogen) atoms. The van der Waals surface area contributed by atoms with E-state index in [4.69, 9.17) is 9.47 Å². The Morgan fingerprint density at radius 1 is 1.07 bits per heavy atom. The lowest BCUT2D eigenvalue weighted by molar-refractivity contribution is 0.388. The minimum atomic E-state index is 0.610. The Bertz CT molecular complexity index is 299. The van der Waals surface area contributed by atoms with Crippen molar-refractivity contribution in [1.82, 2.24) is 5.32 Å². The van der Waals surface area contributed by atoms with Gasteiger partial charge in [0.1, 0.15) is 11.5 Å². The van der Waals surface area contributed by atoms with E-state index in [0.717, 1.165) is 24.6 Å². The summed E-state index contributed by atoms with van der Waals surface area (Å²) in [5.74, 6) is 2.34. The lowest BCUT2D eigenvalue weighted by Gasteiger charge is -2.28. The first-order valence-corrected chi connectivity index (χ1v) is 4.77.